The fourth-order valence-corrected chi connectivity index (χ4v) is 1.46. The van der Waals surface area contributed by atoms with E-state index in [-0.39, 0.29) is 0 Å². The third kappa shape index (κ3) is 4.08. The molecule has 0 unspecified atom stereocenters. The van der Waals surface area contributed by atoms with E-state index in [1.54, 1.807) is 6.20 Å². The summed E-state index contributed by atoms with van der Waals surface area (Å²) in [5.74, 6) is 0.715. The maximum absolute atomic E-state index is 5.93. The molecule has 0 aliphatic rings. The summed E-state index contributed by atoms with van der Waals surface area (Å²) >= 11 is 5.93. The van der Waals surface area contributed by atoms with Gasteiger partial charge in [-0.2, -0.15) is 0 Å². The third-order valence-electron chi connectivity index (χ3n) is 2.28. The van der Waals surface area contributed by atoms with Crippen molar-refractivity contribution in [2.24, 2.45) is 0 Å². The Morgan fingerprint density at radius 1 is 1.33 bits per heavy atom. The number of nitrogens with zero attached hydrogens (tertiary/aromatic N) is 1. The van der Waals surface area contributed by atoms with Crippen molar-refractivity contribution in [1.29, 1.82) is 0 Å². The second kappa shape index (κ2) is 6.67. The summed E-state index contributed by atoms with van der Waals surface area (Å²) in [6, 6.07) is 1.97. The van der Waals surface area contributed by atoms with E-state index in [2.05, 4.69) is 18.8 Å². The van der Waals surface area contributed by atoms with E-state index in [0.29, 0.717) is 10.9 Å². The second-order valence-corrected chi connectivity index (χ2v) is 3.90. The molecule has 0 spiro atoms. The summed E-state index contributed by atoms with van der Waals surface area (Å²) in [6.45, 7) is 4.99. The van der Waals surface area contributed by atoms with Crippen LogP contribution in [-0.4, -0.2) is 11.6 Å². The maximum Gasteiger partial charge on any atom is 0.171 e. The largest absolute Gasteiger partial charge is 0.490 e. The van der Waals surface area contributed by atoms with Gasteiger partial charge in [0.15, 0.2) is 10.9 Å². The minimum atomic E-state index is 0.462. The van der Waals surface area contributed by atoms with E-state index >= 15 is 0 Å². The van der Waals surface area contributed by atoms with Gasteiger partial charge in [0.05, 0.1) is 6.61 Å². The van der Waals surface area contributed by atoms with Crippen LogP contribution in [0.2, 0.25) is 5.15 Å². The quantitative estimate of drug-likeness (QED) is 0.544. The molecule has 1 aromatic rings. The molecule has 0 atom stereocenters. The highest BCUT2D eigenvalue weighted by atomic mass is 35.5. The second-order valence-electron chi connectivity index (χ2n) is 3.54. The van der Waals surface area contributed by atoms with Crippen molar-refractivity contribution in [2.75, 3.05) is 6.61 Å². The van der Waals surface area contributed by atoms with Crippen LogP contribution in [0.3, 0.4) is 0 Å². The van der Waals surface area contributed by atoms with Crippen molar-refractivity contribution in [3.8, 4) is 5.75 Å². The molecule has 0 amide bonds. The fourth-order valence-electron chi connectivity index (χ4n) is 1.30. The van der Waals surface area contributed by atoms with Crippen LogP contribution >= 0.6 is 11.6 Å². The lowest BCUT2D eigenvalue weighted by atomic mass is 10.2. The van der Waals surface area contributed by atoms with Gasteiger partial charge in [0, 0.05) is 6.20 Å². The monoisotopic (exact) mass is 227 g/mol. The zero-order valence-corrected chi connectivity index (χ0v) is 10.2. The molecule has 0 saturated carbocycles. The van der Waals surface area contributed by atoms with Crippen LogP contribution in [0.1, 0.15) is 38.7 Å². The molecule has 1 rings (SSSR count). The zero-order valence-electron chi connectivity index (χ0n) is 9.42. The Kier molecular flexibility index (Phi) is 5.48. The first-order valence-corrected chi connectivity index (χ1v) is 5.93. The Morgan fingerprint density at radius 2 is 2.13 bits per heavy atom. The molecular formula is C12H18ClNO. The van der Waals surface area contributed by atoms with E-state index in [4.69, 9.17) is 16.3 Å². The van der Waals surface area contributed by atoms with Crippen molar-refractivity contribution in [3.63, 3.8) is 0 Å². The van der Waals surface area contributed by atoms with Gasteiger partial charge in [-0.25, -0.2) is 4.98 Å². The summed E-state index contributed by atoms with van der Waals surface area (Å²) in [5.41, 5.74) is 1.16. The molecule has 1 heterocycles. The Hall–Kier alpha value is -0.760. The number of halogens is 1. The number of aryl methyl sites for hydroxylation is 1. The molecule has 0 aliphatic carbocycles. The van der Waals surface area contributed by atoms with Crippen LogP contribution in [0.15, 0.2) is 12.3 Å². The van der Waals surface area contributed by atoms with Gasteiger partial charge in [0.1, 0.15) is 0 Å². The first-order valence-electron chi connectivity index (χ1n) is 5.55. The number of aromatic nitrogens is 1. The van der Waals surface area contributed by atoms with Gasteiger partial charge in [0.25, 0.3) is 0 Å². The van der Waals surface area contributed by atoms with Crippen LogP contribution in [-0.2, 0) is 6.42 Å². The lowest BCUT2D eigenvalue weighted by Gasteiger charge is -2.08. The van der Waals surface area contributed by atoms with Crippen LogP contribution < -0.4 is 4.74 Å². The molecule has 2 nitrogen and oxygen atoms in total. The maximum atomic E-state index is 5.93. The number of rotatable bonds is 6. The zero-order chi connectivity index (χ0) is 11.1. The van der Waals surface area contributed by atoms with E-state index in [0.717, 1.165) is 25.0 Å². The molecule has 0 N–H and O–H groups in total. The summed E-state index contributed by atoms with van der Waals surface area (Å²) in [6.07, 6.45) is 6.21. The van der Waals surface area contributed by atoms with Crippen molar-refractivity contribution in [2.45, 2.75) is 39.5 Å². The SMILES string of the molecule is CCCCCOc1cc(CC)cnc1Cl. The number of hydrogen-bond acceptors (Lipinski definition) is 2. The van der Waals surface area contributed by atoms with E-state index in [1.807, 2.05) is 6.07 Å². The molecular weight excluding hydrogens is 210 g/mol. The van der Waals surface area contributed by atoms with Crippen molar-refractivity contribution in [1.82, 2.24) is 4.98 Å². The molecule has 15 heavy (non-hydrogen) atoms. The van der Waals surface area contributed by atoms with Gasteiger partial charge >= 0.3 is 0 Å². The Balaban J connectivity index is 2.51. The average molecular weight is 228 g/mol. The third-order valence-corrected chi connectivity index (χ3v) is 2.56. The molecule has 0 aliphatic heterocycles. The van der Waals surface area contributed by atoms with Crippen molar-refractivity contribution < 1.29 is 4.74 Å². The van der Waals surface area contributed by atoms with Gasteiger partial charge in [-0.05, 0) is 24.5 Å². The lowest BCUT2D eigenvalue weighted by molar-refractivity contribution is 0.305. The molecule has 3 heteroatoms. The standard InChI is InChI=1S/C12H18ClNO/c1-3-5-6-7-15-11-8-10(4-2)9-14-12(11)13/h8-9H,3-7H2,1-2H3. The van der Waals surface area contributed by atoms with Gasteiger partial charge in [0.2, 0.25) is 0 Å². The van der Waals surface area contributed by atoms with E-state index in [9.17, 15) is 0 Å². The average Bonchev–Trinajstić information content (AvgIpc) is 2.26. The molecule has 1 aromatic heterocycles. The summed E-state index contributed by atoms with van der Waals surface area (Å²) < 4.78 is 5.59. The van der Waals surface area contributed by atoms with Crippen LogP contribution in [0.5, 0.6) is 5.75 Å². The first kappa shape index (κ1) is 12.3. The Bertz CT molecular complexity index is 302. The summed E-state index contributed by atoms with van der Waals surface area (Å²) in [4.78, 5) is 4.09. The highest BCUT2D eigenvalue weighted by Crippen LogP contribution is 2.23. The van der Waals surface area contributed by atoms with E-state index in [1.165, 1.54) is 12.8 Å². The predicted molar refractivity (Wildman–Crippen MR) is 63.6 cm³/mol. The van der Waals surface area contributed by atoms with Crippen LogP contribution in [0.25, 0.3) is 0 Å². The Morgan fingerprint density at radius 3 is 2.80 bits per heavy atom. The first-order chi connectivity index (χ1) is 7.27. The number of ether oxygens (including phenoxy) is 1. The highest BCUT2D eigenvalue weighted by molar-refractivity contribution is 6.30. The molecule has 0 fully saturated rings. The Labute approximate surface area is 96.6 Å². The normalized spacial score (nSPS) is 10.3. The van der Waals surface area contributed by atoms with Gasteiger partial charge in [-0.1, -0.05) is 38.3 Å². The minimum Gasteiger partial charge on any atom is -0.490 e. The van der Waals surface area contributed by atoms with Crippen LogP contribution in [0.4, 0.5) is 0 Å². The number of pyridine rings is 1. The van der Waals surface area contributed by atoms with E-state index < -0.39 is 0 Å². The van der Waals surface area contributed by atoms with Crippen molar-refractivity contribution >= 4 is 11.6 Å². The van der Waals surface area contributed by atoms with Gasteiger partial charge < -0.3 is 4.74 Å². The molecule has 0 radical (unpaired) electrons. The molecule has 0 bridgehead atoms. The predicted octanol–water partition coefficient (Wildman–Crippen LogP) is 3.87. The minimum absolute atomic E-state index is 0.462. The molecule has 0 saturated heterocycles. The summed E-state index contributed by atoms with van der Waals surface area (Å²) in [7, 11) is 0. The molecule has 84 valence electrons. The van der Waals surface area contributed by atoms with Crippen LogP contribution in [0, 0.1) is 0 Å². The van der Waals surface area contributed by atoms with Gasteiger partial charge in [-0.3, -0.25) is 0 Å². The topological polar surface area (TPSA) is 22.1 Å². The summed E-state index contributed by atoms with van der Waals surface area (Å²) in [5, 5.41) is 0.462. The van der Waals surface area contributed by atoms with Gasteiger partial charge in [-0.15, -0.1) is 0 Å². The molecule has 0 aromatic carbocycles. The van der Waals surface area contributed by atoms with Crippen molar-refractivity contribution in [3.05, 3.63) is 23.0 Å². The lowest BCUT2D eigenvalue weighted by Crippen LogP contribution is -1.99. The smallest absolute Gasteiger partial charge is 0.171 e. The number of hydrogen-bond donors (Lipinski definition) is 0. The fraction of sp³-hybridized carbons (Fsp3) is 0.583. The number of unbranched alkanes of at least 4 members (excludes halogenated alkanes) is 2. The highest BCUT2D eigenvalue weighted by Gasteiger charge is 2.03.